The van der Waals surface area contributed by atoms with Gasteiger partial charge >= 0.3 is 0 Å². The first-order valence-corrected chi connectivity index (χ1v) is 5.20. The first-order valence-electron chi connectivity index (χ1n) is 5.20. The Balaban J connectivity index is 2.18. The Bertz CT molecular complexity index is 439. The van der Waals surface area contributed by atoms with Crippen LogP contribution in [0.3, 0.4) is 0 Å². The van der Waals surface area contributed by atoms with E-state index in [-0.39, 0.29) is 18.0 Å². The van der Waals surface area contributed by atoms with Crippen LogP contribution >= 0.6 is 0 Å². The number of rotatable bonds is 2. The highest BCUT2D eigenvalue weighted by Gasteiger charge is 2.31. The molecule has 16 heavy (non-hydrogen) atoms. The van der Waals surface area contributed by atoms with Crippen molar-refractivity contribution in [2.75, 3.05) is 0 Å². The van der Waals surface area contributed by atoms with E-state index in [4.69, 9.17) is 4.74 Å². The molecular weight excluding hydrogens is 207 g/mol. The van der Waals surface area contributed by atoms with Crippen LogP contribution in [0.15, 0.2) is 36.6 Å². The van der Waals surface area contributed by atoms with Gasteiger partial charge in [0.1, 0.15) is 11.4 Å². The Labute approximate surface area is 93.7 Å². The Hall–Kier alpha value is -1.64. The van der Waals surface area contributed by atoms with Gasteiger partial charge in [0.25, 0.3) is 0 Å². The van der Waals surface area contributed by atoms with E-state index in [0.29, 0.717) is 12.0 Å². The number of hydrogen-bond acceptors (Lipinski definition) is 2. The van der Waals surface area contributed by atoms with Gasteiger partial charge in [0.15, 0.2) is 5.78 Å². The van der Waals surface area contributed by atoms with Crippen LogP contribution in [0.5, 0.6) is 0 Å². The molecule has 1 unspecified atom stereocenters. The van der Waals surface area contributed by atoms with Gasteiger partial charge in [0, 0.05) is 12.5 Å². The molecule has 0 N–H and O–H groups in total. The summed E-state index contributed by atoms with van der Waals surface area (Å²) < 4.78 is 18.9. The molecule has 1 aliphatic rings. The Morgan fingerprint density at radius 3 is 2.88 bits per heavy atom. The number of allylic oxidation sites excluding steroid dienone is 1. The van der Waals surface area contributed by atoms with Gasteiger partial charge in [-0.2, -0.15) is 0 Å². The van der Waals surface area contributed by atoms with Crippen molar-refractivity contribution in [1.29, 1.82) is 0 Å². The molecule has 0 fully saturated rings. The summed E-state index contributed by atoms with van der Waals surface area (Å²) in [5, 5.41) is 0. The predicted octanol–water partition coefficient (Wildman–Crippen LogP) is 2.63. The Morgan fingerprint density at radius 2 is 2.19 bits per heavy atom. The summed E-state index contributed by atoms with van der Waals surface area (Å²) >= 11 is 0. The van der Waals surface area contributed by atoms with E-state index < -0.39 is 5.60 Å². The largest absolute Gasteiger partial charge is 0.494 e. The lowest BCUT2D eigenvalue weighted by atomic mass is 9.90. The normalized spacial score (nSPS) is 24.2. The van der Waals surface area contributed by atoms with Gasteiger partial charge in [0.05, 0.1) is 12.7 Å². The van der Waals surface area contributed by atoms with Crippen molar-refractivity contribution < 1.29 is 13.9 Å². The average molecular weight is 220 g/mol. The molecule has 0 spiro atoms. The maximum atomic E-state index is 13.5. The average Bonchev–Trinajstić information content (AvgIpc) is 2.21. The number of benzene rings is 1. The predicted molar refractivity (Wildman–Crippen MR) is 58.4 cm³/mol. The number of ketones is 1. The molecule has 0 aliphatic carbocycles. The van der Waals surface area contributed by atoms with E-state index in [1.54, 1.807) is 18.2 Å². The van der Waals surface area contributed by atoms with Gasteiger partial charge in [-0.3, -0.25) is 4.79 Å². The molecule has 84 valence electrons. The van der Waals surface area contributed by atoms with Crippen molar-refractivity contribution in [3.63, 3.8) is 0 Å². The minimum Gasteiger partial charge on any atom is -0.494 e. The van der Waals surface area contributed by atoms with Gasteiger partial charge < -0.3 is 4.74 Å². The quantitative estimate of drug-likeness (QED) is 0.765. The molecule has 0 aromatic heterocycles. The van der Waals surface area contributed by atoms with Crippen LogP contribution < -0.4 is 0 Å². The second-order valence-electron chi connectivity index (χ2n) is 4.28. The number of carbonyl (C=O) groups excluding carboxylic acids is 1. The molecule has 0 saturated heterocycles. The van der Waals surface area contributed by atoms with Crippen molar-refractivity contribution in [3.05, 3.63) is 48.0 Å². The molecular formula is C13H13FO2. The monoisotopic (exact) mass is 220 g/mol. The molecule has 1 aliphatic heterocycles. The smallest absolute Gasteiger partial charge is 0.162 e. The third-order valence-electron chi connectivity index (χ3n) is 2.68. The number of carbonyl (C=O) groups is 1. The summed E-state index contributed by atoms with van der Waals surface area (Å²) in [5.41, 5.74) is -0.0540. The van der Waals surface area contributed by atoms with Crippen molar-refractivity contribution in [2.45, 2.75) is 25.4 Å². The molecule has 1 aromatic rings. The zero-order chi connectivity index (χ0) is 11.6. The van der Waals surface area contributed by atoms with E-state index in [9.17, 15) is 9.18 Å². The summed E-state index contributed by atoms with van der Waals surface area (Å²) in [6, 6.07) is 6.56. The van der Waals surface area contributed by atoms with E-state index in [2.05, 4.69) is 0 Å². The molecule has 0 radical (unpaired) electrons. The molecule has 0 bridgehead atoms. The second kappa shape index (κ2) is 4.08. The van der Waals surface area contributed by atoms with E-state index >= 15 is 0 Å². The van der Waals surface area contributed by atoms with Crippen LogP contribution in [0.2, 0.25) is 0 Å². The summed E-state index contributed by atoms with van der Waals surface area (Å²) in [4.78, 5) is 11.3. The van der Waals surface area contributed by atoms with E-state index in [0.717, 1.165) is 0 Å². The molecule has 2 rings (SSSR count). The van der Waals surface area contributed by atoms with E-state index in [1.807, 2.05) is 6.92 Å². The first-order chi connectivity index (χ1) is 7.59. The Kier molecular flexibility index (Phi) is 2.77. The standard InChI is InChI=1S/C13H13FO2/c1-13(9-11(15)6-7-16-13)8-10-4-2-3-5-12(10)14/h2-7H,8-9H2,1H3. The molecule has 2 nitrogen and oxygen atoms in total. The fourth-order valence-electron chi connectivity index (χ4n) is 1.89. The lowest BCUT2D eigenvalue weighted by molar-refractivity contribution is -0.121. The highest BCUT2D eigenvalue weighted by atomic mass is 19.1. The first kappa shape index (κ1) is 10.9. The zero-order valence-electron chi connectivity index (χ0n) is 9.07. The zero-order valence-corrected chi connectivity index (χ0v) is 9.07. The maximum absolute atomic E-state index is 13.5. The van der Waals surface area contributed by atoms with Gasteiger partial charge in [-0.15, -0.1) is 0 Å². The molecule has 1 atom stereocenters. The SMILES string of the molecule is CC1(Cc2ccccc2F)CC(=O)C=CO1. The lowest BCUT2D eigenvalue weighted by Crippen LogP contribution is -2.35. The number of halogens is 1. The highest BCUT2D eigenvalue weighted by molar-refractivity contribution is 5.90. The summed E-state index contributed by atoms with van der Waals surface area (Å²) in [5.74, 6) is -0.237. The summed E-state index contributed by atoms with van der Waals surface area (Å²) in [6.07, 6.45) is 3.49. The third kappa shape index (κ3) is 2.30. The molecule has 0 amide bonds. The number of ether oxygens (including phenoxy) is 1. The van der Waals surface area contributed by atoms with Crippen LogP contribution in [-0.4, -0.2) is 11.4 Å². The molecule has 0 saturated carbocycles. The molecule has 1 aromatic carbocycles. The van der Waals surface area contributed by atoms with Gasteiger partial charge in [-0.05, 0) is 18.6 Å². The van der Waals surface area contributed by atoms with Crippen LogP contribution in [-0.2, 0) is 16.0 Å². The van der Waals surface area contributed by atoms with Crippen molar-refractivity contribution in [1.82, 2.24) is 0 Å². The fraction of sp³-hybridized carbons (Fsp3) is 0.308. The summed E-state index contributed by atoms with van der Waals surface area (Å²) in [6.45, 7) is 1.82. The van der Waals surface area contributed by atoms with Gasteiger partial charge in [0.2, 0.25) is 0 Å². The topological polar surface area (TPSA) is 26.3 Å². The minimum absolute atomic E-state index is 0.0186. The van der Waals surface area contributed by atoms with Gasteiger partial charge in [-0.25, -0.2) is 4.39 Å². The van der Waals surface area contributed by atoms with Crippen LogP contribution in [0.25, 0.3) is 0 Å². The highest BCUT2D eigenvalue weighted by Crippen LogP contribution is 2.26. The van der Waals surface area contributed by atoms with E-state index in [1.165, 1.54) is 18.4 Å². The van der Waals surface area contributed by atoms with Crippen molar-refractivity contribution in [2.24, 2.45) is 0 Å². The lowest BCUT2D eigenvalue weighted by Gasteiger charge is -2.30. The third-order valence-corrected chi connectivity index (χ3v) is 2.68. The van der Waals surface area contributed by atoms with Crippen LogP contribution in [0.1, 0.15) is 18.9 Å². The van der Waals surface area contributed by atoms with Crippen molar-refractivity contribution >= 4 is 5.78 Å². The minimum atomic E-state index is -0.631. The Morgan fingerprint density at radius 1 is 1.44 bits per heavy atom. The van der Waals surface area contributed by atoms with Gasteiger partial charge in [-0.1, -0.05) is 18.2 Å². The molecule has 3 heteroatoms. The van der Waals surface area contributed by atoms with Crippen LogP contribution in [0, 0.1) is 5.82 Å². The number of hydrogen-bond donors (Lipinski definition) is 0. The van der Waals surface area contributed by atoms with Crippen molar-refractivity contribution in [3.8, 4) is 0 Å². The second-order valence-corrected chi connectivity index (χ2v) is 4.28. The fourth-order valence-corrected chi connectivity index (χ4v) is 1.89. The van der Waals surface area contributed by atoms with Crippen LogP contribution in [0.4, 0.5) is 4.39 Å². The maximum Gasteiger partial charge on any atom is 0.162 e. The summed E-state index contributed by atoms with van der Waals surface area (Å²) in [7, 11) is 0. The molecule has 1 heterocycles.